The highest BCUT2D eigenvalue weighted by atomic mass is 16.5. The second-order valence-corrected chi connectivity index (χ2v) is 7.79. The zero-order valence-corrected chi connectivity index (χ0v) is 19.9. The quantitative estimate of drug-likeness (QED) is 0.355. The van der Waals surface area contributed by atoms with Crippen LogP contribution in [0, 0.1) is 0 Å². The van der Waals surface area contributed by atoms with E-state index in [0.717, 1.165) is 6.07 Å². The number of carbonyl (C=O) groups excluding carboxylic acids is 2. The Bertz CT molecular complexity index is 1190. The number of carbonyl (C=O) groups is 2. The molecule has 3 rings (SSSR count). The molecule has 0 fully saturated rings. The summed E-state index contributed by atoms with van der Waals surface area (Å²) < 4.78 is 15.8. The van der Waals surface area contributed by atoms with E-state index >= 15 is 0 Å². The van der Waals surface area contributed by atoms with E-state index < -0.39 is 17.4 Å². The highest BCUT2D eigenvalue weighted by Gasteiger charge is 2.27. The second kappa shape index (κ2) is 11.4. The van der Waals surface area contributed by atoms with Crippen LogP contribution in [-0.2, 0) is 24.2 Å². The number of aliphatic hydroxyl groups excluding tert-OH is 1. The van der Waals surface area contributed by atoms with Crippen molar-refractivity contribution in [2.24, 2.45) is 0 Å². The van der Waals surface area contributed by atoms with Crippen molar-refractivity contribution in [3.8, 4) is 23.0 Å². The zero-order valence-electron chi connectivity index (χ0n) is 19.9. The summed E-state index contributed by atoms with van der Waals surface area (Å²) in [4.78, 5) is 28.2. The minimum absolute atomic E-state index is 0.0464. The summed E-state index contributed by atoms with van der Waals surface area (Å²) in [5.74, 6) is -0.308. The lowest BCUT2D eigenvalue weighted by Gasteiger charge is -2.23. The van der Waals surface area contributed by atoms with Gasteiger partial charge in [0.1, 0.15) is 17.3 Å². The number of furan rings is 1. The van der Waals surface area contributed by atoms with Gasteiger partial charge in [0.2, 0.25) is 5.91 Å². The fourth-order valence-electron chi connectivity index (χ4n) is 3.98. The Kier molecular flexibility index (Phi) is 8.38. The molecular formula is C26H29NO8. The molecule has 9 nitrogen and oxygen atoms in total. The fraction of sp³-hybridized carbons (Fsp3) is 0.308. The molecule has 1 amide bonds. The topological polar surface area (TPSA) is 130 Å². The maximum Gasteiger partial charge on any atom is 0.227 e. The molecule has 0 spiro atoms. The van der Waals surface area contributed by atoms with Crippen LogP contribution in [0.5, 0.6) is 23.0 Å². The summed E-state index contributed by atoms with van der Waals surface area (Å²) in [6.07, 6.45) is 1.53. The van der Waals surface area contributed by atoms with E-state index in [2.05, 4.69) is 0 Å². The first-order chi connectivity index (χ1) is 16.8. The Balaban J connectivity index is 2.05. The molecule has 0 unspecified atom stereocenters. The molecule has 0 atom stereocenters. The summed E-state index contributed by atoms with van der Waals surface area (Å²) in [5, 5.41) is 30.6. The first kappa shape index (κ1) is 25.6. The van der Waals surface area contributed by atoms with Gasteiger partial charge in [-0.1, -0.05) is 6.92 Å². The van der Waals surface area contributed by atoms with Gasteiger partial charge in [-0.05, 0) is 47.9 Å². The lowest BCUT2D eigenvalue weighted by atomic mass is 9.89. The SMILES string of the molecule is CCc1c(O)cc(O)c(C(=O)c2ccc(OC)c(OC)c2)c1CC(=O)N(CCO)Cc1ccco1. The molecule has 3 N–H and O–H groups in total. The zero-order chi connectivity index (χ0) is 25.5. The van der Waals surface area contributed by atoms with Gasteiger partial charge >= 0.3 is 0 Å². The number of hydrogen-bond donors (Lipinski definition) is 3. The molecule has 0 aliphatic heterocycles. The Labute approximate surface area is 203 Å². The van der Waals surface area contributed by atoms with E-state index in [1.807, 2.05) is 0 Å². The maximum atomic E-state index is 13.6. The molecule has 0 saturated heterocycles. The highest BCUT2D eigenvalue weighted by Crippen LogP contribution is 2.36. The third-order valence-electron chi connectivity index (χ3n) is 5.71. The van der Waals surface area contributed by atoms with Gasteiger partial charge in [-0.2, -0.15) is 0 Å². The summed E-state index contributed by atoms with van der Waals surface area (Å²) in [6, 6.07) is 9.10. The van der Waals surface area contributed by atoms with Gasteiger partial charge in [0, 0.05) is 18.2 Å². The molecule has 9 heteroatoms. The molecule has 0 aliphatic rings. The average Bonchev–Trinajstić information content (AvgIpc) is 3.36. The molecule has 0 bridgehead atoms. The lowest BCUT2D eigenvalue weighted by molar-refractivity contribution is -0.131. The van der Waals surface area contributed by atoms with Crippen molar-refractivity contribution in [1.82, 2.24) is 4.90 Å². The van der Waals surface area contributed by atoms with Crippen LogP contribution < -0.4 is 9.47 Å². The number of ketones is 1. The van der Waals surface area contributed by atoms with Crippen LogP contribution >= 0.6 is 0 Å². The number of hydrogen-bond acceptors (Lipinski definition) is 8. The Morgan fingerprint density at radius 3 is 2.34 bits per heavy atom. The number of phenolic OH excluding ortho intramolecular Hbond substituents is 2. The van der Waals surface area contributed by atoms with Gasteiger partial charge in [-0.25, -0.2) is 0 Å². The Morgan fingerprint density at radius 1 is 1.00 bits per heavy atom. The smallest absolute Gasteiger partial charge is 0.227 e. The van der Waals surface area contributed by atoms with Crippen molar-refractivity contribution in [3.05, 3.63) is 70.7 Å². The number of benzene rings is 2. The minimum atomic E-state index is -0.541. The molecule has 2 aromatic carbocycles. The molecule has 35 heavy (non-hydrogen) atoms. The highest BCUT2D eigenvalue weighted by molar-refractivity contribution is 6.12. The average molecular weight is 484 g/mol. The summed E-state index contributed by atoms with van der Waals surface area (Å²) in [5.41, 5.74) is 0.725. The Hall–Kier alpha value is -3.98. The summed E-state index contributed by atoms with van der Waals surface area (Å²) >= 11 is 0. The number of aromatic hydroxyl groups is 2. The van der Waals surface area contributed by atoms with Crippen LogP contribution in [-0.4, -0.2) is 59.3 Å². The van der Waals surface area contributed by atoms with Gasteiger partial charge in [0.05, 0.1) is 45.6 Å². The van der Waals surface area contributed by atoms with Crippen LogP contribution in [0.4, 0.5) is 0 Å². The minimum Gasteiger partial charge on any atom is -0.508 e. The number of rotatable bonds is 11. The molecule has 186 valence electrons. The number of phenols is 2. The molecule has 1 aromatic heterocycles. The molecule has 0 radical (unpaired) electrons. The number of ether oxygens (including phenoxy) is 2. The van der Waals surface area contributed by atoms with Gasteiger partial charge in [-0.3, -0.25) is 9.59 Å². The van der Waals surface area contributed by atoms with Crippen molar-refractivity contribution >= 4 is 11.7 Å². The second-order valence-electron chi connectivity index (χ2n) is 7.79. The monoisotopic (exact) mass is 483 g/mol. The van der Waals surface area contributed by atoms with Crippen molar-refractivity contribution < 1.29 is 38.8 Å². The fourth-order valence-corrected chi connectivity index (χ4v) is 3.98. The van der Waals surface area contributed by atoms with E-state index in [-0.39, 0.29) is 48.6 Å². The van der Waals surface area contributed by atoms with E-state index in [1.165, 1.54) is 37.5 Å². The number of amides is 1. The van der Waals surface area contributed by atoms with E-state index in [1.54, 1.807) is 25.1 Å². The van der Waals surface area contributed by atoms with Crippen LogP contribution in [0.15, 0.2) is 47.1 Å². The standard InChI is InChI=1S/C26H29NO8/c1-4-18-19(13-24(31)27(9-10-28)15-17-6-5-11-35-17)25(21(30)14-20(18)29)26(32)16-7-8-22(33-2)23(12-16)34-3/h5-8,11-12,14,28-30H,4,9-10,13,15H2,1-3H3. The van der Waals surface area contributed by atoms with E-state index in [9.17, 15) is 24.9 Å². The first-order valence-corrected chi connectivity index (χ1v) is 11.1. The van der Waals surface area contributed by atoms with Crippen molar-refractivity contribution in [3.63, 3.8) is 0 Å². The molecule has 0 aliphatic carbocycles. The predicted octanol–water partition coefficient (Wildman–Crippen LogP) is 3.07. The van der Waals surface area contributed by atoms with Gasteiger partial charge in [0.25, 0.3) is 0 Å². The number of nitrogens with zero attached hydrogens (tertiary/aromatic N) is 1. The molecular weight excluding hydrogens is 454 g/mol. The van der Waals surface area contributed by atoms with E-state index in [4.69, 9.17) is 13.9 Å². The van der Waals surface area contributed by atoms with Crippen LogP contribution in [0.1, 0.15) is 39.7 Å². The predicted molar refractivity (Wildman–Crippen MR) is 127 cm³/mol. The van der Waals surface area contributed by atoms with Gasteiger partial charge in [0.15, 0.2) is 17.3 Å². The third-order valence-corrected chi connectivity index (χ3v) is 5.71. The van der Waals surface area contributed by atoms with Gasteiger partial charge in [-0.15, -0.1) is 0 Å². The Morgan fingerprint density at radius 2 is 1.74 bits per heavy atom. The summed E-state index contributed by atoms with van der Waals surface area (Å²) in [7, 11) is 2.92. The first-order valence-electron chi connectivity index (χ1n) is 11.1. The molecule has 1 heterocycles. The maximum absolute atomic E-state index is 13.6. The molecule has 0 saturated carbocycles. The number of aliphatic hydroxyl groups is 1. The largest absolute Gasteiger partial charge is 0.508 e. The van der Waals surface area contributed by atoms with Crippen molar-refractivity contribution in [1.29, 1.82) is 0 Å². The van der Waals surface area contributed by atoms with Crippen LogP contribution in [0.25, 0.3) is 0 Å². The van der Waals surface area contributed by atoms with Crippen molar-refractivity contribution in [2.45, 2.75) is 26.3 Å². The van der Waals surface area contributed by atoms with Crippen molar-refractivity contribution in [2.75, 3.05) is 27.4 Å². The third kappa shape index (κ3) is 5.58. The normalized spacial score (nSPS) is 10.7. The van der Waals surface area contributed by atoms with Gasteiger partial charge < -0.3 is 34.1 Å². The van der Waals surface area contributed by atoms with E-state index in [0.29, 0.717) is 29.2 Å². The van der Waals surface area contributed by atoms with Crippen LogP contribution in [0.2, 0.25) is 0 Å². The van der Waals surface area contributed by atoms with Crippen LogP contribution in [0.3, 0.4) is 0 Å². The number of methoxy groups -OCH3 is 2. The lowest BCUT2D eigenvalue weighted by Crippen LogP contribution is -2.34. The molecule has 3 aromatic rings. The summed E-state index contributed by atoms with van der Waals surface area (Å²) in [6.45, 7) is 1.68.